The fourth-order valence-electron chi connectivity index (χ4n) is 5.67. The summed E-state index contributed by atoms with van der Waals surface area (Å²) in [7, 11) is 4.67. The van der Waals surface area contributed by atoms with E-state index < -0.39 is 29.7 Å². The van der Waals surface area contributed by atoms with Crippen molar-refractivity contribution in [2.75, 3.05) is 39.2 Å². The highest BCUT2D eigenvalue weighted by Gasteiger charge is 2.45. The molecule has 2 aliphatic heterocycles. The van der Waals surface area contributed by atoms with E-state index in [0.29, 0.717) is 59.2 Å². The highest BCUT2D eigenvalue weighted by atomic mass is 16.5. The zero-order valence-corrected chi connectivity index (χ0v) is 27.0. The Hall–Kier alpha value is -5.57. The van der Waals surface area contributed by atoms with Crippen LogP contribution in [0.25, 0.3) is 11.3 Å². The molecule has 5 rings (SSSR count). The van der Waals surface area contributed by atoms with E-state index in [1.807, 2.05) is 0 Å². The number of hydrogen-bond acceptors (Lipinski definition) is 11. The summed E-state index contributed by atoms with van der Waals surface area (Å²) in [6, 6.07) is 7.31. The van der Waals surface area contributed by atoms with E-state index in [4.69, 9.17) is 14.2 Å². The first-order chi connectivity index (χ1) is 23.0. The van der Waals surface area contributed by atoms with Crippen molar-refractivity contribution in [1.82, 2.24) is 25.1 Å². The number of ether oxygens (including phenoxy) is 3. The summed E-state index contributed by atoms with van der Waals surface area (Å²) in [6.45, 7) is 2.14. The molecule has 1 unspecified atom stereocenters. The van der Waals surface area contributed by atoms with Gasteiger partial charge in [0.1, 0.15) is 29.8 Å². The van der Waals surface area contributed by atoms with Crippen LogP contribution in [-0.2, 0) is 32.8 Å². The smallest absolute Gasteiger partial charge is 0.271 e. The lowest BCUT2D eigenvalue weighted by molar-refractivity contribution is -0.136. The third-order valence-electron chi connectivity index (χ3n) is 8.08. The number of aromatic nitrogens is 2. The number of hydrogen-bond donors (Lipinski definition) is 3. The van der Waals surface area contributed by atoms with Gasteiger partial charge in [-0.05, 0) is 44.0 Å². The lowest BCUT2D eigenvalue weighted by atomic mass is 10.0. The predicted octanol–water partition coefficient (Wildman–Crippen LogP) is 1.31. The summed E-state index contributed by atoms with van der Waals surface area (Å²) in [4.78, 5) is 80.0. The number of methoxy groups -OCH3 is 2. The first-order valence-electron chi connectivity index (χ1n) is 15.3. The van der Waals surface area contributed by atoms with Crippen molar-refractivity contribution in [3.8, 4) is 22.8 Å². The maximum Gasteiger partial charge on any atom is 0.271 e. The van der Waals surface area contributed by atoms with Crippen LogP contribution in [-0.4, -0.2) is 83.9 Å². The van der Waals surface area contributed by atoms with Gasteiger partial charge in [-0.25, -0.2) is 4.98 Å². The average molecular weight is 661 g/mol. The molecule has 3 heterocycles. The molecule has 0 radical (unpaired) electrons. The van der Waals surface area contributed by atoms with Crippen LogP contribution in [0, 0.1) is 6.92 Å². The van der Waals surface area contributed by atoms with Gasteiger partial charge in [0.25, 0.3) is 17.4 Å². The summed E-state index contributed by atoms with van der Waals surface area (Å²) in [5, 5.41) is 8.11. The van der Waals surface area contributed by atoms with Crippen molar-refractivity contribution in [3.63, 3.8) is 0 Å². The second-order valence-electron chi connectivity index (χ2n) is 11.3. The first kappa shape index (κ1) is 33.8. The van der Waals surface area contributed by atoms with Gasteiger partial charge in [-0.2, -0.15) is 0 Å². The number of nitrogens with zero attached hydrogens (tertiary/aromatic N) is 3. The molecule has 5 amide bonds. The molecule has 1 fully saturated rings. The zero-order valence-electron chi connectivity index (χ0n) is 27.0. The highest BCUT2D eigenvalue weighted by molar-refractivity contribution is 6.25. The minimum Gasteiger partial charge on any atom is -0.496 e. The number of imide groups is 2. The summed E-state index contributed by atoms with van der Waals surface area (Å²) in [6.07, 6.45) is 2.24. The summed E-state index contributed by atoms with van der Waals surface area (Å²) < 4.78 is 18.3. The molecule has 2 aromatic carbocycles. The van der Waals surface area contributed by atoms with Gasteiger partial charge in [-0.1, -0.05) is 6.07 Å². The molecule has 0 bridgehead atoms. The maximum atomic E-state index is 13.2. The highest BCUT2D eigenvalue weighted by Crippen LogP contribution is 2.35. The molecule has 1 saturated heterocycles. The zero-order chi connectivity index (χ0) is 34.5. The predicted molar refractivity (Wildman–Crippen MR) is 172 cm³/mol. The molecule has 0 spiro atoms. The third-order valence-corrected chi connectivity index (χ3v) is 8.08. The van der Waals surface area contributed by atoms with E-state index in [-0.39, 0.29) is 48.6 Å². The topological polar surface area (TPSA) is 187 Å². The molecule has 0 saturated carbocycles. The van der Waals surface area contributed by atoms with Crippen LogP contribution in [0.15, 0.2) is 41.3 Å². The summed E-state index contributed by atoms with van der Waals surface area (Å²) in [5.74, 6) is -1.68. The number of aryl methyl sites for hydroxylation is 2. The number of fused-ring (bicyclic) bond motifs is 1. The van der Waals surface area contributed by atoms with Crippen LogP contribution in [0.4, 0.5) is 5.69 Å². The van der Waals surface area contributed by atoms with Crippen LogP contribution >= 0.6 is 0 Å². The Bertz CT molecular complexity index is 1800. The van der Waals surface area contributed by atoms with E-state index in [0.717, 1.165) is 4.90 Å². The number of rotatable bonds is 13. The fraction of sp³-hybridized carbons (Fsp3) is 0.364. The number of carbonyl (C=O) groups excluding carboxylic acids is 5. The number of nitrogens with one attached hydrogen (secondary N) is 3. The quantitative estimate of drug-likeness (QED) is 0.177. The van der Waals surface area contributed by atoms with Crippen LogP contribution in [0.5, 0.6) is 11.5 Å². The number of carbonyl (C=O) groups is 5. The van der Waals surface area contributed by atoms with E-state index >= 15 is 0 Å². The van der Waals surface area contributed by atoms with E-state index in [1.54, 1.807) is 44.4 Å². The molecular formula is C33H36N6O9. The van der Waals surface area contributed by atoms with Crippen molar-refractivity contribution >= 4 is 35.2 Å². The van der Waals surface area contributed by atoms with Gasteiger partial charge in [0, 0.05) is 44.0 Å². The minimum atomic E-state index is -1.05. The fourth-order valence-corrected chi connectivity index (χ4v) is 5.67. The Morgan fingerprint density at radius 2 is 1.77 bits per heavy atom. The molecule has 1 atom stereocenters. The molecule has 3 aromatic rings. The first-order valence-corrected chi connectivity index (χ1v) is 15.3. The SMILES string of the molecule is COc1cc(-c2cn(C)c(=O)c(C)n2)cc(OC)c1COCC(=O)NCCCNc1cccc2c1C(=O)N(C1CCC(=O)NC1=O)C2=O. The van der Waals surface area contributed by atoms with Crippen molar-refractivity contribution in [2.24, 2.45) is 7.05 Å². The van der Waals surface area contributed by atoms with Gasteiger partial charge in [0.05, 0.1) is 43.2 Å². The van der Waals surface area contributed by atoms with Crippen molar-refractivity contribution in [1.29, 1.82) is 0 Å². The Kier molecular flexibility index (Phi) is 10.2. The van der Waals surface area contributed by atoms with Gasteiger partial charge in [0.2, 0.25) is 17.7 Å². The number of piperidine rings is 1. The van der Waals surface area contributed by atoms with E-state index in [1.165, 1.54) is 24.9 Å². The summed E-state index contributed by atoms with van der Waals surface area (Å²) in [5.41, 5.74) is 2.81. The molecule has 1 aromatic heterocycles. The van der Waals surface area contributed by atoms with Crippen LogP contribution < -0.4 is 31.0 Å². The van der Waals surface area contributed by atoms with Crippen LogP contribution in [0.2, 0.25) is 0 Å². The molecule has 0 aliphatic carbocycles. The van der Waals surface area contributed by atoms with Crippen LogP contribution in [0.3, 0.4) is 0 Å². The second-order valence-corrected chi connectivity index (χ2v) is 11.3. The summed E-state index contributed by atoms with van der Waals surface area (Å²) >= 11 is 0. The molecule has 15 heteroatoms. The standard InChI is InChI=1S/C33H36N6O9/c1-18-31(43)38(2)15-23(36-18)19-13-25(46-3)21(26(14-19)47-4)16-48-17-28(41)35-12-6-11-34-22-8-5-7-20-29(22)33(45)39(32(20)44)24-9-10-27(40)37-30(24)42/h5,7-8,13-15,24,34H,6,9-12,16-17H2,1-4H3,(H,35,41)(H,37,40,42). The lowest BCUT2D eigenvalue weighted by Gasteiger charge is -2.27. The largest absolute Gasteiger partial charge is 0.496 e. The molecule has 252 valence electrons. The Labute approximate surface area is 275 Å². The van der Waals surface area contributed by atoms with Gasteiger partial charge < -0.3 is 29.4 Å². The normalized spacial score (nSPS) is 15.7. The van der Waals surface area contributed by atoms with Gasteiger partial charge >= 0.3 is 0 Å². The van der Waals surface area contributed by atoms with E-state index in [2.05, 4.69) is 20.9 Å². The molecule has 3 N–H and O–H groups in total. The minimum absolute atomic E-state index is 0.0308. The molecule has 48 heavy (non-hydrogen) atoms. The van der Waals surface area contributed by atoms with E-state index in [9.17, 15) is 28.8 Å². The van der Waals surface area contributed by atoms with Gasteiger partial charge in [-0.3, -0.25) is 39.0 Å². The van der Waals surface area contributed by atoms with Gasteiger partial charge in [-0.15, -0.1) is 0 Å². The van der Waals surface area contributed by atoms with Crippen molar-refractivity contribution < 1.29 is 38.2 Å². The third kappa shape index (κ3) is 6.90. The van der Waals surface area contributed by atoms with Crippen LogP contribution in [0.1, 0.15) is 51.2 Å². The Morgan fingerprint density at radius 1 is 1.04 bits per heavy atom. The Balaban J connectivity index is 1.11. The van der Waals surface area contributed by atoms with Gasteiger partial charge in [0.15, 0.2) is 0 Å². The number of anilines is 1. The molecule has 2 aliphatic rings. The maximum absolute atomic E-state index is 13.2. The van der Waals surface area contributed by atoms with Crippen molar-refractivity contribution in [2.45, 2.75) is 38.8 Å². The number of benzene rings is 2. The second kappa shape index (κ2) is 14.5. The molecular weight excluding hydrogens is 624 g/mol. The lowest BCUT2D eigenvalue weighted by Crippen LogP contribution is -2.54. The van der Waals surface area contributed by atoms with Crippen molar-refractivity contribution in [3.05, 3.63) is 69.3 Å². The average Bonchev–Trinajstić information content (AvgIpc) is 3.32. The molecule has 15 nitrogen and oxygen atoms in total. The monoisotopic (exact) mass is 660 g/mol. The number of amides is 5. The Morgan fingerprint density at radius 3 is 2.44 bits per heavy atom.